The van der Waals surface area contributed by atoms with Crippen molar-refractivity contribution in [1.29, 1.82) is 0 Å². The Morgan fingerprint density at radius 1 is 1.30 bits per heavy atom. The summed E-state index contributed by atoms with van der Waals surface area (Å²) >= 11 is 0. The van der Waals surface area contributed by atoms with Crippen LogP contribution in [0, 0.1) is 5.82 Å². The second kappa shape index (κ2) is 7.71. The Kier molecular flexibility index (Phi) is 6.58. The van der Waals surface area contributed by atoms with Crippen LogP contribution in [0.4, 0.5) is 4.39 Å². The van der Waals surface area contributed by atoms with Gasteiger partial charge in [-0.25, -0.2) is 17.5 Å². The van der Waals surface area contributed by atoms with Gasteiger partial charge < -0.3 is 5.32 Å². The van der Waals surface area contributed by atoms with Crippen LogP contribution in [0.1, 0.15) is 39.2 Å². The molecule has 0 heterocycles. The monoisotopic (exact) mass is 302 g/mol. The second-order valence-electron chi connectivity index (χ2n) is 4.86. The molecule has 0 aliphatic carbocycles. The summed E-state index contributed by atoms with van der Waals surface area (Å²) in [6.45, 7) is 7.00. The van der Waals surface area contributed by atoms with E-state index in [1.807, 2.05) is 13.8 Å². The number of hydrogen-bond donors (Lipinski definition) is 2. The summed E-state index contributed by atoms with van der Waals surface area (Å²) < 4.78 is 40.6. The van der Waals surface area contributed by atoms with E-state index in [1.54, 1.807) is 13.0 Å². The van der Waals surface area contributed by atoms with E-state index in [4.69, 9.17) is 0 Å². The lowest BCUT2D eigenvalue weighted by atomic mass is 10.2. The van der Waals surface area contributed by atoms with Gasteiger partial charge in [-0.05, 0) is 37.6 Å². The van der Waals surface area contributed by atoms with Crippen molar-refractivity contribution in [3.63, 3.8) is 0 Å². The summed E-state index contributed by atoms with van der Waals surface area (Å²) in [5.74, 6) is -0.711. The summed E-state index contributed by atoms with van der Waals surface area (Å²) in [5.41, 5.74) is 0.727. The Morgan fingerprint density at radius 3 is 2.55 bits per heavy atom. The maximum absolute atomic E-state index is 14.0. The lowest BCUT2D eigenvalue weighted by molar-refractivity contribution is 0.530. The number of benzene rings is 1. The molecular formula is C14H23FN2O2S. The van der Waals surface area contributed by atoms with E-state index in [0.29, 0.717) is 6.54 Å². The molecule has 6 heteroatoms. The van der Waals surface area contributed by atoms with Crippen molar-refractivity contribution in [2.75, 3.05) is 6.54 Å². The molecule has 1 aromatic carbocycles. The van der Waals surface area contributed by atoms with Gasteiger partial charge in [0.1, 0.15) is 10.7 Å². The van der Waals surface area contributed by atoms with E-state index in [0.717, 1.165) is 24.9 Å². The van der Waals surface area contributed by atoms with Gasteiger partial charge in [0.15, 0.2) is 0 Å². The zero-order valence-corrected chi connectivity index (χ0v) is 13.1. The third-order valence-electron chi connectivity index (χ3n) is 2.94. The first-order valence-corrected chi connectivity index (χ1v) is 8.40. The molecule has 0 aliphatic rings. The van der Waals surface area contributed by atoms with Crippen LogP contribution >= 0.6 is 0 Å². The number of halogens is 1. The van der Waals surface area contributed by atoms with Crippen molar-refractivity contribution in [1.82, 2.24) is 10.0 Å². The van der Waals surface area contributed by atoms with Crippen LogP contribution < -0.4 is 10.0 Å². The molecule has 0 spiro atoms. The molecule has 0 saturated heterocycles. The summed E-state index contributed by atoms with van der Waals surface area (Å²) in [4.78, 5) is -0.291. The minimum Gasteiger partial charge on any atom is -0.313 e. The highest BCUT2D eigenvalue weighted by molar-refractivity contribution is 7.89. The number of rotatable bonds is 8. The number of nitrogens with one attached hydrogen (secondary N) is 2. The molecule has 0 fully saturated rings. The SMILES string of the molecule is CCCC(C)NS(=O)(=O)c1ccc(CNCC)cc1F. The zero-order chi connectivity index (χ0) is 15.2. The standard InChI is InChI=1S/C14H23FN2O2S/c1-4-6-11(3)17-20(18,19)14-8-7-12(9-13(14)15)10-16-5-2/h7-9,11,16-17H,4-6,10H2,1-3H3. The quantitative estimate of drug-likeness (QED) is 0.775. The van der Waals surface area contributed by atoms with Crippen LogP contribution in [0.25, 0.3) is 0 Å². The molecule has 0 aromatic heterocycles. The van der Waals surface area contributed by atoms with Gasteiger partial charge in [-0.1, -0.05) is 26.3 Å². The summed E-state index contributed by atoms with van der Waals surface area (Å²) in [6, 6.07) is 4.01. The summed E-state index contributed by atoms with van der Waals surface area (Å²) in [7, 11) is -3.80. The first-order valence-electron chi connectivity index (χ1n) is 6.92. The molecule has 4 nitrogen and oxygen atoms in total. The van der Waals surface area contributed by atoms with Gasteiger partial charge in [0.25, 0.3) is 0 Å². The molecule has 2 N–H and O–H groups in total. The van der Waals surface area contributed by atoms with Crippen LogP contribution in [0.3, 0.4) is 0 Å². The van der Waals surface area contributed by atoms with E-state index in [1.165, 1.54) is 12.1 Å². The van der Waals surface area contributed by atoms with E-state index in [-0.39, 0.29) is 10.9 Å². The second-order valence-corrected chi connectivity index (χ2v) is 6.54. The van der Waals surface area contributed by atoms with E-state index >= 15 is 0 Å². The molecule has 1 unspecified atom stereocenters. The van der Waals surface area contributed by atoms with Gasteiger partial charge >= 0.3 is 0 Å². The van der Waals surface area contributed by atoms with Gasteiger partial charge in [0.2, 0.25) is 10.0 Å². The molecule has 1 rings (SSSR count). The molecule has 0 saturated carbocycles. The molecular weight excluding hydrogens is 279 g/mol. The smallest absolute Gasteiger partial charge is 0.243 e. The van der Waals surface area contributed by atoms with Crippen molar-refractivity contribution < 1.29 is 12.8 Å². The van der Waals surface area contributed by atoms with Crippen molar-refractivity contribution in [3.05, 3.63) is 29.6 Å². The van der Waals surface area contributed by atoms with E-state index in [9.17, 15) is 12.8 Å². The Balaban J connectivity index is 2.90. The molecule has 114 valence electrons. The molecule has 0 amide bonds. The molecule has 0 aliphatic heterocycles. The minimum absolute atomic E-state index is 0.203. The average molecular weight is 302 g/mol. The van der Waals surface area contributed by atoms with E-state index < -0.39 is 15.8 Å². The van der Waals surface area contributed by atoms with Gasteiger partial charge in [-0.2, -0.15) is 0 Å². The fraction of sp³-hybridized carbons (Fsp3) is 0.571. The van der Waals surface area contributed by atoms with Crippen LogP contribution in [0.2, 0.25) is 0 Å². The Bertz CT molecular complexity index is 532. The highest BCUT2D eigenvalue weighted by Crippen LogP contribution is 2.17. The third-order valence-corrected chi connectivity index (χ3v) is 4.57. The van der Waals surface area contributed by atoms with Gasteiger partial charge in [-0.3, -0.25) is 0 Å². The topological polar surface area (TPSA) is 58.2 Å². The minimum atomic E-state index is -3.80. The van der Waals surface area contributed by atoms with Crippen LogP contribution in [-0.4, -0.2) is 21.0 Å². The van der Waals surface area contributed by atoms with Gasteiger partial charge in [0.05, 0.1) is 0 Å². The molecule has 1 aromatic rings. The third kappa shape index (κ3) is 4.85. The lowest BCUT2D eigenvalue weighted by Crippen LogP contribution is -2.33. The average Bonchev–Trinajstić information content (AvgIpc) is 2.35. The first kappa shape index (κ1) is 17.1. The largest absolute Gasteiger partial charge is 0.313 e. The summed E-state index contributed by atoms with van der Waals surface area (Å²) in [6.07, 6.45) is 1.59. The molecule has 0 radical (unpaired) electrons. The van der Waals surface area contributed by atoms with Crippen LogP contribution in [-0.2, 0) is 16.6 Å². The lowest BCUT2D eigenvalue weighted by Gasteiger charge is -2.14. The predicted octanol–water partition coefficient (Wildman–Crippen LogP) is 2.40. The highest BCUT2D eigenvalue weighted by atomic mass is 32.2. The normalized spacial score (nSPS) is 13.4. The van der Waals surface area contributed by atoms with Crippen LogP contribution in [0.5, 0.6) is 0 Å². The molecule has 1 atom stereocenters. The maximum Gasteiger partial charge on any atom is 0.243 e. The first-order chi connectivity index (χ1) is 9.40. The van der Waals surface area contributed by atoms with Crippen molar-refractivity contribution in [2.45, 2.75) is 51.1 Å². The predicted molar refractivity (Wildman–Crippen MR) is 78.5 cm³/mol. The zero-order valence-electron chi connectivity index (χ0n) is 12.2. The highest BCUT2D eigenvalue weighted by Gasteiger charge is 2.21. The Hall–Kier alpha value is -0.980. The van der Waals surface area contributed by atoms with Gasteiger partial charge in [0, 0.05) is 12.6 Å². The molecule has 0 bridgehead atoms. The van der Waals surface area contributed by atoms with Crippen molar-refractivity contribution >= 4 is 10.0 Å². The van der Waals surface area contributed by atoms with Gasteiger partial charge in [-0.15, -0.1) is 0 Å². The van der Waals surface area contributed by atoms with Crippen LogP contribution in [0.15, 0.2) is 23.1 Å². The molecule has 20 heavy (non-hydrogen) atoms. The maximum atomic E-state index is 14.0. The number of hydrogen-bond acceptors (Lipinski definition) is 3. The Morgan fingerprint density at radius 2 is 2.00 bits per heavy atom. The van der Waals surface area contributed by atoms with E-state index in [2.05, 4.69) is 10.0 Å². The fourth-order valence-corrected chi connectivity index (χ4v) is 3.30. The van der Waals surface area contributed by atoms with Crippen molar-refractivity contribution in [3.8, 4) is 0 Å². The van der Waals surface area contributed by atoms with Crippen molar-refractivity contribution in [2.24, 2.45) is 0 Å². The Labute approximate surface area is 120 Å². The fourth-order valence-electron chi connectivity index (χ4n) is 1.96. The summed E-state index contributed by atoms with van der Waals surface area (Å²) in [5, 5.41) is 3.07. The number of sulfonamides is 1.